The van der Waals surface area contributed by atoms with Gasteiger partial charge in [0.2, 0.25) is 16.6 Å². The fourth-order valence-corrected chi connectivity index (χ4v) is 3.88. The minimum Gasteiger partial charge on any atom is -0.352 e. The fourth-order valence-electron chi connectivity index (χ4n) is 3.35. The smallest absolute Gasteiger partial charge is 0.248 e. The Hall–Kier alpha value is -2.77. The van der Waals surface area contributed by atoms with E-state index in [2.05, 4.69) is 15.6 Å². The SMILES string of the molecule is O=C(CCC1C(=O)Nc2c3ccccc3nc(=S)n21)NCc1cccc(Cl)c1. The van der Waals surface area contributed by atoms with Crippen LogP contribution in [-0.2, 0) is 16.1 Å². The fraction of sp³-hybridized carbons (Fsp3) is 0.200. The van der Waals surface area contributed by atoms with E-state index in [0.29, 0.717) is 28.6 Å². The number of anilines is 1. The highest BCUT2D eigenvalue weighted by Crippen LogP contribution is 2.33. The van der Waals surface area contributed by atoms with Gasteiger partial charge in [0.15, 0.2) is 0 Å². The normalized spacial score (nSPS) is 15.3. The molecule has 2 N–H and O–H groups in total. The van der Waals surface area contributed by atoms with E-state index in [1.54, 1.807) is 16.7 Å². The quantitative estimate of drug-likeness (QED) is 0.621. The van der Waals surface area contributed by atoms with Crippen molar-refractivity contribution in [1.29, 1.82) is 0 Å². The van der Waals surface area contributed by atoms with Gasteiger partial charge in [0.1, 0.15) is 11.9 Å². The number of benzene rings is 2. The van der Waals surface area contributed by atoms with E-state index >= 15 is 0 Å². The van der Waals surface area contributed by atoms with Crippen molar-refractivity contribution >= 4 is 52.4 Å². The Morgan fingerprint density at radius 3 is 2.89 bits per heavy atom. The molecule has 8 heteroatoms. The van der Waals surface area contributed by atoms with Gasteiger partial charge in [-0.1, -0.05) is 35.9 Å². The van der Waals surface area contributed by atoms with Gasteiger partial charge in [-0.2, -0.15) is 0 Å². The van der Waals surface area contributed by atoms with Crippen LogP contribution in [0.2, 0.25) is 5.02 Å². The molecule has 1 atom stereocenters. The van der Waals surface area contributed by atoms with Crippen LogP contribution in [0.25, 0.3) is 10.9 Å². The molecule has 1 aliphatic rings. The predicted molar refractivity (Wildman–Crippen MR) is 111 cm³/mol. The van der Waals surface area contributed by atoms with Gasteiger partial charge in [0.05, 0.1) is 5.52 Å². The lowest BCUT2D eigenvalue weighted by Crippen LogP contribution is -2.25. The Kier molecular flexibility index (Phi) is 5.11. The molecule has 2 amide bonds. The minimum atomic E-state index is -0.545. The van der Waals surface area contributed by atoms with E-state index in [1.165, 1.54) is 0 Å². The number of amides is 2. The van der Waals surface area contributed by atoms with Crippen LogP contribution in [0.5, 0.6) is 0 Å². The Bertz CT molecular complexity index is 1140. The number of carbonyl (C=O) groups excluding carboxylic acids is 2. The first-order valence-electron chi connectivity index (χ1n) is 8.86. The summed E-state index contributed by atoms with van der Waals surface area (Å²) in [6, 6.07) is 14.3. The first-order chi connectivity index (χ1) is 13.5. The van der Waals surface area contributed by atoms with Crippen LogP contribution < -0.4 is 10.6 Å². The van der Waals surface area contributed by atoms with Gasteiger partial charge in [-0.25, -0.2) is 4.98 Å². The topological polar surface area (TPSA) is 76.0 Å². The van der Waals surface area contributed by atoms with E-state index in [0.717, 1.165) is 16.5 Å². The second-order valence-corrected chi connectivity index (χ2v) is 7.38. The van der Waals surface area contributed by atoms with Crippen LogP contribution >= 0.6 is 23.8 Å². The Morgan fingerprint density at radius 2 is 2.07 bits per heavy atom. The van der Waals surface area contributed by atoms with Crippen molar-refractivity contribution in [2.24, 2.45) is 0 Å². The highest BCUT2D eigenvalue weighted by atomic mass is 35.5. The molecule has 4 rings (SSSR count). The average molecular weight is 413 g/mol. The van der Waals surface area contributed by atoms with E-state index in [4.69, 9.17) is 23.8 Å². The van der Waals surface area contributed by atoms with Gasteiger partial charge < -0.3 is 10.6 Å². The lowest BCUT2D eigenvalue weighted by Gasteiger charge is -2.13. The summed E-state index contributed by atoms with van der Waals surface area (Å²) >= 11 is 11.3. The van der Waals surface area contributed by atoms with Crippen LogP contribution in [0, 0.1) is 4.77 Å². The number of aromatic nitrogens is 2. The molecule has 0 spiro atoms. The molecule has 6 nitrogen and oxygen atoms in total. The number of halogens is 1. The highest BCUT2D eigenvalue weighted by Gasteiger charge is 2.32. The molecule has 2 heterocycles. The van der Waals surface area contributed by atoms with Gasteiger partial charge in [0, 0.05) is 23.4 Å². The maximum Gasteiger partial charge on any atom is 0.248 e. The van der Waals surface area contributed by atoms with Crippen LogP contribution in [0.4, 0.5) is 5.82 Å². The summed E-state index contributed by atoms with van der Waals surface area (Å²) in [7, 11) is 0. The number of rotatable bonds is 5. The maximum atomic E-state index is 12.5. The summed E-state index contributed by atoms with van der Waals surface area (Å²) < 4.78 is 2.04. The third-order valence-corrected chi connectivity index (χ3v) is 5.22. The summed E-state index contributed by atoms with van der Waals surface area (Å²) in [4.78, 5) is 29.2. The van der Waals surface area contributed by atoms with E-state index in [-0.39, 0.29) is 18.2 Å². The van der Waals surface area contributed by atoms with E-state index < -0.39 is 6.04 Å². The molecule has 1 aliphatic heterocycles. The molecule has 1 unspecified atom stereocenters. The lowest BCUT2D eigenvalue weighted by molar-refractivity contribution is -0.122. The molecule has 1 aromatic heterocycles. The number of hydrogen-bond donors (Lipinski definition) is 2. The van der Waals surface area contributed by atoms with Crippen molar-refractivity contribution in [1.82, 2.24) is 14.9 Å². The number of nitrogens with zero attached hydrogens (tertiary/aromatic N) is 2. The van der Waals surface area contributed by atoms with Crippen LogP contribution in [-0.4, -0.2) is 21.4 Å². The zero-order chi connectivity index (χ0) is 19.7. The van der Waals surface area contributed by atoms with Crippen LogP contribution in [0.15, 0.2) is 48.5 Å². The van der Waals surface area contributed by atoms with Crippen LogP contribution in [0.3, 0.4) is 0 Å². The monoisotopic (exact) mass is 412 g/mol. The summed E-state index contributed by atoms with van der Waals surface area (Å²) in [5.74, 6) is 0.332. The van der Waals surface area contributed by atoms with Crippen molar-refractivity contribution < 1.29 is 9.59 Å². The van der Waals surface area contributed by atoms with Crippen molar-refractivity contribution in [3.8, 4) is 0 Å². The Morgan fingerprint density at radius 1 is 1.25 bits per heavy atom. The first-order valence-corrected chi connectivity index (χ1v) is 9.65. The third-order valence-electron chi connectivity index (χ3n) is 4.70. The Balaban J connectivity index is 1.46. The summed E-state index contributed by atoms with van der Waals surface area (Å²) in [6.07, 6.45) is 0.543. The number of carbonyl (C=O) groups is 2. The standard InChI is InChI=1S/C20H17ClN4O2S/c21-13-5-3-4-12(10-13)11-22-17(26)9-8-16-19(27)24-18-14-6-1-2-7-15(14)23-20(28)25(16)18/h1-7,10,16H,8-9,11H2,(H,22,26)(H,24,27). The number of fused-ring (bicyclic) bond motifs is 3. The van der Waals surface area contributed by atoms with Crippen LogP contribution in [0.1, 0.15) is 24.4 Å². The molecule has 0 bridgehead atoms. The summed E-state index contributed by atoms with van der Waals surface area (Å²) in [6.45, 7) is 0.387. The predicted octanol–water partition coefficient (Wildman–Crippen LogP) is 4.01. The molecule has 0 aliphatic carbocycles. The Labute approximate surface area is 171 Å². The van der Waals surface area contributed by atoms with Crippen molar-refractivity contribution in [2.75, 3.05) is 5.32 Å². The highest BCUT2D eigenvalue weighted by molar-refractivity contribution is 7.71. The molecule has 0 fully saturated rings. The maximum absolute atomic E-state index is 12.5. The van der Waals surface area contributed by atoms with Crippen molar-refractivity contribution in [2.45, 2.75) is 25.4 Å². The van der Waals surface area contributed by atoms with Gasteiger partial charge in [-0.05, 0) is 48.5 Å². The van der Waals surface area contributed by atoms with Gasteiger partial charge in [-0.3, -0.25) is 14.2 Å². The second kappa shape index (κ2) is 7.69. The molecular weight excluding hydrogens is 396 g/mol. The first kappa shape index (κ1) is 18.6. The number of nitrogens with one attached hydrogen (secondary N) is 2. The van der Waals surface area contributed by atoms with E-state index in [9.17, 15) is 9.59 Å². The summed E-state index contributed by atoms with van der Waals surface area (Å²) in [5.41, 5.74) is 1.65. The molecule has 28 heavy (non-hydrogen) atoms. The zero-order valence-electron chi connectivity index (χ0n) is 14.8. The van der Waals surface area contributed by atoms with Crippen molar-refractivity contribution in [3.05, 3.63) is 63.9 Å². The number of hydrogen-bond acceptors (Lipinski definition) is 4. The second-order valence-electron chi connectivity index (χ2n) is 6.58. The van der Waals surface area contributed by atoms with Gasteiger partial charge in [-0.15, -0.1) is 0 Å². The van der Waals surface area contributed by atoms with Gasteiger partial charge >= 0.3 is 0 Å². The minimum absolute atomic E-state index is 0.138. The third kappa shape index (κ3) is 3.63. The molecule has 0 saturated heterocycles. The van der Waals surface area contributed by atoms with Gasteiger partial charge in [0.25, 0.3) is 0 Å². The molecule has 0 saturated carbocycles. The lowest BCUT2D eigenvalue weighted by atomic mass is 10.1. The average Bonchev–Trinajstić information content (AvgIpc) is 3.02. The molecular formula is C20H17ClN4O2S. The van der Waals surface area contributed by atoms with Crippen molar-refractivity contribution in [3.63, 3.8) is 0 Å². The molecule has 2 aromatic carbocycles. The molecule has 3 aromatic rings. The molecule has 0 radical (unpaired) electrons. The zero-order valence-corrected chi connectivity index (χ0v) is 16.4. The summed E-state index contributed by atoms with van der Waals surface area (Å²) in [5, 5.41) is 7.20. The largest absolute Gasteiger partial charge is 0.352 e. The van der Waals surface area contributed by atoms with E-state index in [1.807, 2.05) is 36.4 Å². The number of para-hydroxylation sites is 1. The molecule has 142 valence electrons.